The molecule has 0 aliphatic heterocycles. The summed E-state index contributed by atoms with van der Waals surface area (Å²) in [5, 5.41) is 5.00. The molecule has 0 aliphatic rings. The van der Waals surface area contributed by atoms with Gasteiger partial charge in [-0.15, -0.1) is 13.2 Å². The lowest BCUT2D eigenvalue weighted by molar-refractivity contribution is -0.274. The van der Waals surface area contributed by atoms with Crippen LogP contribution in [0.5, 0.6) is 5.75 Å². The van der Waals surface area contributed by atoms with Crippen molar-refractivity contribution < 1.29 is 31.9 Å². The number of aryl methyl sites for hydroxylation is 1. The van der Waals surface area contributed by atoms with E-state index < -0.39 is 35.3 Å². The smallest absolute Gasteiger partial charge is 0.404 e. The lowest BCUT2D eigenvalue weighted by Crippen LogP contribution is -2.18. The second-order valence-corrected chi connectivity index (χ2v) is 7.11. The third-order valence-corrected chi connectivity index (χ3v) is 4.59. The molecule has 1 aromatic carbocycles. The molecular weight excluding hydrogens is 442 g/mol. The van der Waals surface area contributed by atoms with E-state index in [9.17, 15) is 27.2 Å². The zero-order chi connectivity index (χ0) is 22.8. The zero-order valence-electron chi connectivity index (χ0n) is 15.6. The Morgan fingerprint density at radius 1 is 1.10 bits per heavy atom. The van der Waals surface area contributed by atoms with Crippen LogP contribution in [0.25, 0.3) is 0 Å². The third kappa shape index (κ3) is 5.66. The van der Waals surface area contributed by atoms with E-state index in [1.807, 2.05) is 0 Å². The fourth-order valence-electron chi connectivity index (χ4n) is 2.39. The Hall–Kier alpha value is -3.74. The number of nitrogens with zero attached hydrogens (tertiary/aromatic N) is 2. The number of halogens is 4. The molecule has 0 spiro atoms. The maximum absolute atomic E-state index is 14.3. The van der Waals surface area contributed by atoms with Crippen LogP contribution in [0.4, 0.5) is 34.2 Å². The molecule has 0 saturated carbocycles. The van der Waals surface area contributed by atoms with E-state index in [4.69, 9.17) is 5.73 Å². The molecule has 0 fully saturated rings. The minimum absolute atomic E-state index is 0.134. The number of benzene rings is 1. The van der Waals surface area contributed by atoms with Gasteiger partial charge in [0.05, 0.1) is 18.0 Å². The third-order valence-electron chi connectivity index (χ3n) is 3.77. The number of nitrogens with one attached hydrogen (secondary N) is 2. The molecule has 0 radical (unpaired) electrons. The number of thiazole rings is 1. The van der Waals surface area contributed by atoms with Crippen LogP contribution < -0.4 is 21.1 Å². The molecule has 0 saturated heterocycles. The standard InChI is InChI=1S/C18H13F4N5O3S/c1-8-4-11(19)10(5-12(8)26-16(29)13-7-25-17(23)31-13)15(28)27-14-3-2-9(6-24-14)30-18(20,21)22/h2-7H,1H3,(H2,23,25)(H,26,29)(H,24,27,28). The van der Waals surface area contributed by atoms with Crippen molar-refractivity contribution in [2.24, 2.45) is 0 Å². The molecule has 8 nitrogen and oxygen atoms in total. The number of carbonyl (C=O) groups is 2. The van der Waals surface area contributed by atoms with Crippen molar-refractivity contribution in [3.63, 3.8) is 0 Å². The van der Waals surface area contributed by atoms with Crippen molar-refractivity contribution in [1.29, 1.82) is 0 Å². The van der Waals surface area contributed by atoms with Crippen LogP contribution >= 0.6 is 11.3 Å². The fraction of sp³-hybridized carbons (Fsp3) is 0.111. The summed E-state index contributed by atoms with van der Waals surface area (Å²) >= 11 is 0.953. The van der Waals surface area contributed by atoms with Gasteiger partial charge in [-0.25, -0.2) is 14.4 Å². The van der Waals surface area contributed by atoms with Crippen LogP contribution in [0.2, 0.25) is 0 Å². The number of pyridine rings is 1. The predicted molar refractivity (Wildman–Crippen MR) is 104 cm³/mol. The van der Waals surface area contributed by atoms with Crippen LogP contribution in [0.1, 0.15) is 25.6 Å². The van der Waals surface area contributed by atoms with E-state index in [1.54, 1.807) is 0 Å². The second kappa shape index (κ2) is 8.55. The van der Waals surface area contributed by atoms with Gasteiger partial charge in [0.25, 0.3) is 11.8 Å². The summed E-state index contributed by atoms with van der Waals surface area (Å²) in [6.07, 6.45) is -2.86. The highest BCUT2D eigenvalue weighted by atomic mass is 32.1. The number of hydrogen-bond donors (Lipinski definition) is 3. The molecule has 0 bridgehead atoms. The maximum atomic E-state index is 14.3. The first-order valence-electron chi connectivity index (χ1n) is 8.38. The summed E-state index contributed by atoms with van der Waals surface area (Å²) in [5.74, 6) is -3.05. The van der Waals surface area contributed by atoms with Crippen molar-refractivity contribution in [1.82, 2.24) is 9.97 Å². The summed E-state index contributed by atoms with van der Waals surface area (Å²) in [6.45, 7) is 1.53. The quantitative estimate of drug-likeness (QED) is 0.501. The van der Waals surface area contributed by atoms with Crippen molar-refractivity contribution in [3.8, 4) is 5.75 Å². The Balaban J connectivity index is 1.76. The number of anilines is 3. The Bertz CT molecular complexity index is 1130. The van der Waals surface area contributed by atoms with Crippen molar-refractivity contribution >= 4 is 39.8 Å². The Kier molecular flexibility index (Phi) is 6.06. The lowest BCUT2D eigenvalue weighted by atomic mass is 10.1. The van der Waals surface area contributed by atoms with Gasteiger partial charge < -0.3 is 21.1 Å². The summed E-state index contributed by atoms with van der Waals surface area (Å²) < 4.78 is 54.6. The molecule has 0 unspecified atom stereocenters. The highest BCUT2D eigenvalue weighted by molar-refractivity contribution is 7.17. The first kappa shape index (κ1) is 22.0. The fourth-order valence-corrected chi connectivity index (χ4v) is 2.97. The molecule has 4 N–H and O–H groups in total. The number of carbonyl (C=O) groups excluding carboxylic acids is 2. The number of rotatable bonds is 5. The molecule has 31 heavy (non-hydrogen) atoms. The van der Waals surface area contributed by atoms with Gasteiger partial charge in [-0.05, 0) is 36.8 Å². The van der Waals surface area contributed by atoms with Gasteiger partial charge in [-0.3, -0.25) is 9.59 Å². The monoisotopic (exact) mass is 455 g/mol. The molecule has 13 heteroatoms. The average molecular weight is 455 g/mol. The van der Waals surface area contributed by atoms with E-state index in [0.29, 0.717) is 5.56 Å². The maximum Gasteiger partial charge on any atom is 0.573 e. The van der Waals surface area contributed by atoms with Gasteiger partial charge in [-0.1, -0.05) is 11.3 Å². The summed E-state index contributed by atoms with van der Waals surface area (Å²) in [7, 11) is 0. The minimum atomic E-state index is -4.89. The highest BCUT2D eigenvalue weighted by Gasteiger charge is 2.31. The largest absolute Gasteiger partial charge is 0.573 e. The van der Waals surface area contributed by atoms with E-state index in [-0.39, 0.29) is 21.5 Å². The van der Waals surface area contributed by atoms with Gasteiger partial charge in [0.2, 0.25) is 0 Å². The Morgan fingerprint density at radius 2 is 1.84 bits per heavy atom. The minimum Gasteiger partial charge on any atom is -0.404 e. The number of ether oxygens (including phenoxy) is 1. The normalized spacial score (nSPS) is 11.1. The van der Waals surface area contributed by atoms with Crippen LogP contribution in [0.15, 0.2) is 36.7 Å². The molecule has 162 valence electrons. The van der Waals surface area contributed by atoms with Gasteiger partial charge in [0, 0.05) is 5.69 Å². The predicted octanol–water partition coefficient (Wildman–Crippen LogP) is 3.97. The molecule has 3 aromatic rings. The molecule has 0 atom stereocenters. The number of hydrogen-bond acceptors (Lipinski definition) is 7. The second-order valence-electron chi connectivity index (χ2n) is 6.04. The van der Waals surface area contributed by atoms with E-state index in [0.717, 1.165) is 41.8 Å². The van der Waals surface area contributed by atoms with Gasteiger partial charge in [0.15, 0.2) is 5.13 Å². The highest BCUT2D eigenvalue weighted by Crippen LogP contribution is 2.25. The van der Waals surface area contributed by atoms with Crippen LogP contribution in [-0.4, -0.2) is 28.1 Å². The molecule has 3 rings (SSSR count). The van der Waals surface area contributed by atoms with Gasteiger partial charge in [0.1, 0.15) is 22.3 Å². The molecule has 2 heterocycles. The van der Waals surface area contributed by atoms with Gasteiger partial charge >= 0.3 is 6.36 Å². The van der Waals surface area contributed by atoms with E-state index in [2.05, 4.69) is 25.3 Å². The van der Waals surface area contributed by atoms with Crippen molar-refractivity contribution in [2.45, 2.75) is 13.3 Å². The van der Waals surface area contributed by atoms with Crippen molar-refractivity contribution in [3.05, 3.63) is 58.5 Å². The number of nitrogen functional groups attached to an aromatic ring is 1. The average Bonchev–Trinajstić information content (AvgIpc) is 3.10. The van der Waals surface area contributed by atoms with Crippen molar-refractivity contribution in [2.75, 3.05) is 16.4 Å². The summed E-state index contributed by atoms with van der Waals surface area (Å²) in [4.78, 5) is 32.3. The Morgan fingerprint density at radius 3 is 2.42 bits per heavy atom. The number of nitrogens with two attached hydrogens (primary N) is 1. The number of aromatic nitrogens is 2. The Labute approximate surface area is 176 Å². The molecule has 2 amide bonds. The lowest BCUT2D eigenvalue weighted by Gasteiger charge is -2.12. The summed E-state index contributed by atoms with van der Waals surface area (Å²) in [5.41, 5.74) is 5.60. The van der Waals surface area contributed by atoms with E-state index in [1.165, 1.54) is 13.1 Å². The molecule has 0 aliphatic carbocycles. The molecular formula is C18H13F4N5O3S. The van der Waals surface area contributed by atoms with Crippen LogP contribution in [0, 0.1) is 12.7 Å². The van der Waals surface area contributed by atoms with E-state index >= 15 is 0 Å². The molecule has 2 aromatic heterocycles. The first-order valence-corrected chi connectivity index (χ1v) is 9.19. The SMILES string of the molecule is Cc1cc(F)c(C(=O)Nc2ccc(OC(F)(F)F)cn2)cc1NC(=O)c1cnc(N)s1. The first-order chi connectivity index (χ1) is 14.5. The van der Waals surface area contributed by atoms with Gasteiger partial charge in [-0.2, -0.15) is 0 Å². The topological polar surface area (TPSA) is 119 Å². The zero-order valence-corrected chi connectivity index (χ0v) is 16.4. The van der Waals surface area contributed by atoms with Crippen LogP contribution in [0.3, 0.4) is 0 Å². The number of amides is 2. The number of alkyl halides is 3. The van der Waals surface area contributed by atoms with Crippen LogP contribution in [-0.2, 0) is 0 Å². The summed E-state index contributed by atoms with van der Waals surface area (Å²) in [6, 6.07) is 4.18.